The molecular weight excluding hydrogens is 212 g/mol. The lowest BCUT2D eigenvalue weighted by molar-refractivity contribution is 0.416. The summed E-state index contributed by atoms with van der Waals surface area (Å²) in [7, 11) is 1.65. The minimum absolute atomic E-state index is 0.263. The number of aromatic nitrogens is 2. The van der Waals surface area contributed by atoms with E-state index in [9.17, 15) is 0 Å². The van der Waals surface area contributed by atoms with E-state index in [0.29, 0.717) is 5.28 Å². The Kier molecular flexibility index (Phi) is 2.57. The van der Waals surface area contributed by atoms with Crippen molar-refractivity contribution < 1.29 is 4.74 Å². The van der Waals surface area contributed by atoms with Gasteiger partial charge in [-0.05, 0) is 37.6 Å². The SMILES string of the molecule is COc1cccc2nc(Cl)n(C(C)C)c12. The molecule has 80 valence electrons. The summed E-state index contributed by atoms with van der Waals surface area (Å²) >= 11 is 6.09. The maximum Gasteiger partial charge on any atom is 0.204 e. The molecule has 0 saturated heterocycles. The van der Waals surface area contributed by atoms with Crippen molar-refractivity contribution in [3.63, 3.8) is 0 Å². The third-order valence-corrected chi connectivity index (χ3v) is 2.63. The van der Waals surface area contributed by atoms with Gasteiger partial charge >= 0.3 is 0 Å². The van der Waals surface area contributed by atoms with E-state index in [4.69, 9.17) is 16.3 Å². The zero-order valence-corrected chi connectivity index (χ0v) is 9.75. The van der Waals surface area contributed by atoms with Gasteiger partial charge in [0.2, 0.25) is 5.28 Å². The van der Waals surface area contributed by atoms with Gasteiger partial charge in [0.05, 0.1) is 12.6 Å². The van der Waals surface area contributed by atoms with Crippen LogP contribution in [0.4, 0.5) is 0 Å². The van der Waals surface area contributed by atoms with Crippen molar-refractivity contribution in [3.05, 3.63) is 23.5 Å². The number of fused-ring (bicyclic) bond motifs is 1. The number of nitrogens with zero attached hydrogens (tertiary/aromatic N) is 2. The van der Waals surface area contributed by atoms with E-state index in [2.05, 4.69) is 18.8 Å². The number of hydrogen-bond donors (Lipinski definition) is 0. The van der Waals surface area contributed by atoms with E-state index in [0.717, 1.165) is 16.8 Å². The zero-order valence-electron chi connectivity index (χ0n) is 8.99. The smallest absolute Gasteiger partial charge is 0.204 e. The van der Waals surface area contributed by atoms with Crippen LogP contribution in [-0.4, -0.2) is 16.7 Å². The molecule has 15 heavy (non-hydrogen) atoms. The molecule has 0 spiro atoms. The molecule has 0 radical (unpaired) electrons. The summed E-state index contributed by atoms with van der Waals surface area (Å²) in [6.45, 7) is 4.14. The van der Waals surface area contributed by atoms with Gasteiger partial charge in [-0.25, -0.2) is 4.98 Å². The van der Waals surface area contributed by atoms with Crippen LogP contribution in [0.3, 0.4) is 0 Å². The van der Waals surface area contributed by atoms with Crippen LogP contribution in [0.1, 0.15) is 19.9 Å². The molecule has 1 heterocycles. The van der Waals surface area contributed by atoms with Crippen LogP contribution in [-0.2, 0) is 0 Å². The Morgan fingerprint density at radius 1 is 1.40 bits per heavy atom. The van der Waals surface area contributed by atoms with Crippen molar-refractivity contribution in [1.29, 1.82) is 0 Å². The number of benzene rings is 1. The summed E-state index contributed by atoms with van der Waals surface area (Å²) in [5.74, 6) is 0.806. The molecule has 1 aromatic heterocycles. The molecule has 4 heteroatoms. The Morgan fingerprint density at radius 3 is 2.73 bits per heavy atom. The monoisotopic (exact) mass is 224 g/mol. The number of rotatable bonds is 2. The third kappa shape index (κ3) is 1.57. The lowest BCUT2D eigenvalue weighted by Gasteiger charge is -2.11. The number of halogens is 1. The van der Waals surface area contributed by atoms with Gasteiger partial charge in [0, 0.05) is 6.04 Å². The van der Waals surface area contributed by atoms with Gasteiger partial charge in [-0.15, -0.1) is 0 Å². The molecule has 2 aromatic rings. The summed E-state index contributed by atoms with van der Waals surface area (Å²) in [6.07, 6.45) is 0. The second-order valence-electron chi connectivity index (χ2n) is 3.67. The van der Waals surface area contributed by atoms with Crippen LogP contribution in [0.15, 0.2) is 18.2 Å². The maximum absolute atomic E-state index is 6.09. The van der Waals surface area contributed by atoms with Gasteiger partial charge in [0.1, 0.15) is 11.3 Å². The first-order valence-corrected chi connectivity index (χ1v) is 5.23. The van der Waals surface area contributed by atoms with E-state index >= 15 is 0 Å². The van der Waals surface area contributed by atoms with E-state index in [1.807, 2.05) is 22.8 Å². The molecule has 0 atom stereocenters. The Hall–Kier alpha value is -1.22. The standard InChI is InChI=1S/C11H13ClN2O/c1-7(2)14-10-8(13-11(14)12)5-4-6-9(10)15-3/h4-7H,1-3H3. The van der Waals surface area contributed by atoms with Crippen LogP contribution in [0.2, 0.25) is 5.28 Å². The first-order valence-electron chi connectivity index (χ1n) is 4.85. The summed E-state index contributed by atoms with van der Waals surface area (Å²) in [5.41, 5.74) is 1.83. The van der Waals surface area contributed by atoms with Crippen LogP contribution in [0.25, 0.3) is 11.0 Å². The number of hydrogen-bond acceptors (Lipinski definition) is 2. The molecule has 3 nitrogen and oxygen atoms in total. The number of methoxy groups -OCH3 is 1. The molecule has 0 amide bonds. The van der Waals surface area contributed by atoms with Crippen LogP contribution < -0.4 is 4.74 Å². The van der Waals surface area contributed by atoms with Crippen molar-refractivity contribution in [3.8, 4) is 5.75 Å². The molecule has 1 aromatic carbocycles. The summed E-state index contributed by atoms with van der Waals surface area (Å²) in [5, 5.41) is 0.504. The Labute approximate surface area is 93.6 Å². The topological polar surface area (TPSA) is 27.1 Å². The van der Waals surface area contributed by atoms with Crippen molar-refractivity contribution in [2.75, 3.05) is 7.11 Å². The fourth-order valence-corrected chi connectivity index (χ4v) is 2.10. The summed E-state index contributed by atoms with van der Waals surface area (Å²) < 4.78 is 7.28. The van der Waals surface area contributed by atoms with Gasteiger partial charge in [-0.1, -0.05) is 6.07 Å². The second-order valence-corrected chi connectivity index (χ2v) is 4.01. The van der Waals surface area contributed by atoms with Gasteiger partial charge in [0.15, 0.2) is 0 Å². The normalized spacial score (nSPS) is 11.3. The molecule has 0 saturated carbocycles. The minimum Gasteiger partial charge on any atom is -0.494 e. The van der Waals surface area contributed by atoms with E-state index in [1.165, 1.54) is 0 Å². The van der Waals surface area contributed by atoms with Gasteiger partial charge in [-0.3, -0.25) is 0 Å². The molecule has 0 aliphatic heterocycles. The summed E-state index contributed by atoms with van der Waals surface area (Å²) in [4.78, 5) is 4.29. The average molecular weight is 225 g/mol. The van der Waals surface area contributed by atoms with Crippen molar-refractivity contribution >= 4 is 22.6 Å². The molecule has 0 N–H and O–H groups in total. The fourth-order valence-electron chi connectivity index (χ4n) is 1.72. The van der Waals surface area contributed by atoms with Gasteiger partial charge < -0.3 is 9.30 Å². The van der Waals surface area contributed by atoms with E-state index in [1.54, 1.807) is 7.11 Å². The molecule has 0 bridgehead atoms. The Morgan fingerprint density at radius 2 is 2.13 bits per heavy atom. The largest absolute Gasteiger partial charge is 0.494 e. The predicted octanol–water partition coefficient (Wildman–Crippen LogP) is 3.28. The van der Waals surface area contributed by atoms with Crippen LogP contribution in [0, 0.1) is 0 Å². The van der Waals surface area contributed by atoms with Crippen molar-refractivity contribution in [2.24, 2.45) is 0 Å². The lowest BCUT2D eigenvalue weighted by Crippen LogP contribution is -2.01. The highest BCUT2D eigenvalue weighted by molar-refractivity contribution is 6.29. The highest BCUT2D eigenvalue weighted by Crippen LogP contribution is 2.30. The number of para-hydroxylation sites is 1. The Bertz CT molecular complexity index is 491. The van der Waals surface area contributed by atoms with Crippen LogP contribution >= 0.6 is 11.6 Å². The predicted molar refractivity (Wildman–Crippen MR) is 61.7 cm³/mol. The number of ether oxygens (including phenoxy) is 1. The minimum atomic E-state index is 0.263. The molecule has 0 fully saturated rings. The van der Waals surface area contributed by atoms with Gasteiger partial charge in [0.25, 0.3) is 0 Å². The van der Waals surface area contributed by atoms with Crippen molar-refractivity contribution in [1.82, 2.24) is 9.55 Å². The molecule has 2 rings (SSSR count). The zero-order chi connectivity index (χ0) is 11.0. The third-order valence-electron chi connectivity index (χ3n) is 2.37. The average Bonchev–Trinajstić information content (AvgIpc) is 2.53. The first-order chi connectivity index (χ1) is 7.15. The van der Waals surface area contributed by atoms with Crippen molar-refractivity contribution in [2.45, 2.75) is 19.9 Å². The molecular formula is C11H13ClN2O. The van der Waals surface area contributed by atoms with Crippen LogP contribution in [0.5, 0.6) is 5.75 Å². The maximum atomic E-state index is 6.09. The molecule has 0 aliphatic carbocycles. The first kappa shape index (κ1) is 10.3. The Balaban J connectivity index is 2.82. The lowest BCUT2D eigenvalue weighted by atomic mass is 10.2. The van der Waals surface area contributed by atoms with E-state index < -0.39 is 0 Å². The number of imidazole rings is 1. The second kappa shape index (κ2) is 3.74. The highest BCUT2D eigenvalue weighted by atomic mass is 35.5. The van der Waals surface area contributed by atoms with Gasteiger partial charge in [-0.2, -0.15) is 0 Å². The summed E-state index contributed by atoms with van der Waals surface area (Å²) in [6, 6.07) is 6.02. The van der Waals surface area contributed by atoms with E-state index in [-0.39, 0.29) is 6.04 Å². The quantitative estimate of drug-likeness (QED) is 0.783. The molecule has 0 aliphatic rings. The highest BCUT2D eigenvalue weighted by Gasteiger charge is 2.14. The fraction of sp³-hybridized carbons (Fsp3) is 0.364. The molecule has 0 unspecified atom stereocenters.